The number of piperidine rings is 2. The van der Waals surface area contributed by atoms with Gasteiger partial charge in [-0.05, 0) is 56.2 Å². The summed E-state index contributed by atoms with van der Waals surface area (Å²) in [5, 5.41) is 3.42. The van der Waals surface area contributed by atoms with Gasteiger partial charge in [0.25, 0.3) is 0 Å². The largest absolute Gasteiger partial charge is 0.343 e. The molecule has 0 radical (unpaired) electrons. The summed E-state index contributed by atoms with van der Waals surface area (Å²) in [6.07, 6.45) is 5.34. The van der Waals surface area contributed by atoms with Gasteiger partial charge < -0.3 is 10.2 Å². The summed E-state index contributed by atoms with van der Waals surface area (Å²) in [6.45, 7) is 7.68. The van der Waals surface area contributed by atoms with Crippen molar-refractivity contribution in [2.24, 2.45) is 11.8 Å². The van der Waals surface area contributed by atoms with Crippen LogP contribution in [0.15, 0.2) is 30.3 Å². The summed E-state index contributed by atoms with van der Waals surface area (Å²) in [4.78, 5) is 17.3. The number of carbonyl (C=O) groups is 1. The lowest BCUT2D eigenvalue weighted by Crippen LogP contribution is -2.46. The first kappa shape index (κ1) is 25.2. The van der Waals surface area contributed by atoms with Crippen molar-refractivity contribution in [1.29, 1.82) is 0 Å². The first-order valence-electron chi connectivity index (χ1n) is 10.4. The summed E-state index contributed by atoms with van der Waals surface area (Å²) in [6, 6.07) is 11.1. The van der Waals surface area contributed by atoms with Crippen LogP contribution in [0.4, 0.5) is 0 Å². The Morgan fingerprint density at radius 2 is 1.71 bits per heavy atom. The van der Waals surface area contributed by atoms with E-state index in [2.05, 4.69) is 52.4 Å². The van der Waals surface area contributed by atoms with E-state index < -0.39 is 0 Å². The van der Waals surface area contributed by atoms with Gasteiger partial charge >= 0.3 is 0 Å². The van der Waals surface area contributed by atoms with Crippen molar-refractivity contribution in [3.05, 3.63) is 35.9 Å². The third-order valence-electron chi connectivity index (χ3n) is 6.43. The lowest BCUT2D eigenvalue weighted by molar-refractivity contribution is -0.134. The summed E-state index contributed by atoms with van der Waals surface area (Å²) in [5.74, 6) is 1.56. The summed E-state index contributed by atoms with van der Waals surface area (Å²) >= 11 is 0. The van der Waals surface area contributed by atoms with E-state index in [1.165, 1.54) is 18.4 Å². The van der Waals surface area contributed by atoms with Crippen molar-refractivity contribution in [3.8, 4) is 0 Å². The van der Waals surface area contributed by atoms with E-state index >= 15 is 0 Å². The average Bonchev–Trinajstić information content (AvgIpc) is 2.69. The number of amides is 1. The number of likely N-dealkylation sites (tertiary alicyclic amines) is 1. The van der Waals surface area contributed by atoms with Crippen molar-refractivity contribution in [1.82, 2.24) is 15.1 Å². The zero-order valence-electron chi connectivity index (χ0n) is 17.3. The molecule has 2 heterocycles. The first-order chi connectivity index (χ1) is 12.6. The van der Waals surface area contributed by atoms with Gasteiger partial charge in [0, 0.05) is 39.1 Å². The molecule has 1 atom stereocenters. The number of hydrogen-bond donors (Lipinski definition) is 1. The summed E-state index contributed by atoms with van der Waals surface area (Å²) < 4.78 is 0. The van der Waals surface area contributed by atoms with Crippen molar-refractivity contribution >= 4 is 30.7 Å². The van der Waals surface area contributed by atoms with E-state index in [1.54, 1.807) is 0 Å². The molecule has 3 rings (SSSR count). The number of halogens is 2. The number of carbonyl (C=O) groups excluding carboxylic acids is 1. The van der Waals surface area contributed by atoms with Crippen molar-refractivity contribution in [3.63, 3.8) is 0 Å². The second-order valence-corrected chi connectivity index (χ2v) is 8.27. The molecule has 1 aromatic rings. The van der Waals surface area contributed by atoms with Crippen molar-refractivity contribution in [2.75, 3.05) is 33.2 Å². The van der Waals surface area contributed by atoms with Crippen molar-refractivity contribution in [2.45, 2.75) is 51.6 Å². The maximum atomic E-state index is 12.8. The molecule has 2 aliphatic rings. The zero-order chi connectivity index (χ0) is 18.4. The molecular formula is C22H37Cl2N3O. The number of benzene rings is 1. The molecule has 2 saturated heterocycles. The SMILES string of the molecule is CC(CC(=O)N(C)C1CCN(Cc2ccccc2)CC1)C1CCNCC1.Cl.Cl. The van der Waals surface area contributed by atoms with Crippen molar-refractivity contribution < 1.29 is 4.79 Å². The minimum atomic E-state index is 0. The molecule has 160 valence electrons. The molecule has 2 fully saturated rings. The lowest BCUT2D eigenvalue weighted by atomic mass is 9.84. The molecule has 6 heteroatoms. The quantitative estimate of drug-likeness (QED) is 0.742. The molecule has 0 saturated carbocycles. The Morgan fingerprint density at radius 3 is 2.32 bits per heavy atom. The van der Waals surface area contributed by atoms with Crippen LogP contribution in [-0.4, -0.2) is 55.0 Å². The molecule has 1 N–H and O–H groups in total. The third kappa shape index (κ3) is 7.22. The highest BCUT2D eigenvalue weighted by atomic mass is 35.5. The normalized spacial score (nSPS) is 19.9. The molecule has 4 nitrogen and oxygen atoms in total. The molecule has 0 aliphatic carbocycles. The van der Waals surface area contributed by atoms with Crippen LogP contribution in [0.25, 0.3) is 0 Å². The van der Waals surface area contributed by atoms with Crippen LogP contribution < -0.4 is 5.32 Å². The Hall–Kier alpha value is -0.810. The Bertz CT molecular complexity index is 558. The van der Waals surface area contributed by atoms with Gasteiger partial charge in [0.2, 0.25) is 5.91 Å². The number of nitrogens with zero attached hydrogens (tertiary/aromatic N) is 2. The highest BCUT2D eigenvalue weighted by Gasteiger charge is 2.28. The second-order valence-electron chi connectivity index (χ2n) is 8.27. The smallest absolute Gasteiger partial charge is 0.222 e. The fourth-order valence-electron chi connectivity index (χ4n) is 4.51. The molecule has 0 aromatic heterocycles. The van der Waals surface area contributed by atoms with Crippen LogP contribution in [0.1, 0.15) is 44.6 Å². The summed E-state index contributed by atoms with van der Waals surface area (Å²) in [5.41, 5.74) is 1.38. The molecule has 2 aliphatic heterocycles. The van der Waals surface area contributed by atoms with Gasteiger partial charge in [-0.25, -0.2) is 0 Å². The van der Waals surface area contributed by atoms with Crippen LogP contribution in [-0.2, 0) is 11.3 Å². The van der Waals surface area contributed by atoms with Crippen LogP contribution in [0, 0.1) is 11.8 Å². The minimum absolute atomic E-state index is 0. The Labute approximate surface area is 183 Å². The first-order valence-corrected chi connectivity index (χ1v) is 10.4. The lowest BCUT2D eigenvalue weighted by Gasteiger charge is -2.37. The zero-order valence-corrected chi connectivity index (χ0v) is 18.9. The van der Waals surface area contributed by atoms with Gasteiger partial charge in [-0.2, -0.15) is 0 Å². The monoisotopic (exact) mass is 429 g/mol. The maximum absolute atomic E-state index is 12.8. The maximum Gasteiger partial charge on any atom is 0.222 e. The number of nitrogens with one attached hydrogen (secondary N) is 1. The second kappa shape index (κ2) is 12.7. The molecule has 28 heavy (non-hydrogen) atoms. The molecule has 1 unspecified atom stereocenters. The van der Waals surface area contributed by atoms with E-state index in [4.69, 9.17) is 0 Å². The molecule has 1 amide bonds. The van der Waals surface area contributed by atoms with Crippen LogP contribution >= 0.6 is 24.8 Å². The van der Waals surface area contributed by atoms with E-state index in [0.717, 1.165) is 45.6 Å². The van der Waals surface area contributed by atoms with E-state index in [-0.39, 0.29) is 24.8 Å². The highest BCUT2D eigenvalue weighted by molar-refractivity contribution is 5.85. The van der Waals surface area contributed by atoms with E-state index in [0.29, 0.717) is 30.2 Å². The van der Waals surface area contributed by atoms with Gasteiger partial charge in [0.15, 0.2) is 0 Å². The van der Waals surface area contributed by atoms with Gasteiger partial charge in [-0.3, -0.25) is 9.69 Å². The van der Waals surface area contributed by atoms with E-state index in [1.807, 2.05) is 7.05 Å². The fourth-order valence-corrected chi connectivity index (χ4v) is 4.51. The standard InChI is InChI=1S/C22H35N3O.2ClH/c1-18(20-8-12-23-13-9-20)16-22(26)24(2)21-10-14-25(15-11-21)17-19-6-4-3-5-7-19;;/h3-7,18,20-21,23H,8-17H2,1-2H3;2*1H. The Kier molecular flexibility index (Phi) is 11.4. The minimum Gasteiger partial charge on any atom is -0.343 e. The molecule has 1 aromatic carbocycles. The van der Waals surface area contributed by atoms with Gasteiger partial charge in [0.1, 0.15) is 0 Å². The molecule has 0 bridgehead atoms. The average molecular weight is 430 g/mol. The topological polar surface area (TPSA) is 35.6 Å². The van der Waals surface area contributed by atoms with Gasteiger partial charge in [0.05, 0.1) is 0 Å². The van der Waals surface area contributed by atoms with E-state index in [9.17, 15) is 4.79 Å². The molecule has 0 spiro atoms. The number of rotatable bonds is 6. The third-order valence-corrected chi connectivity index (χ3v) is 6.43. The highest BCUT2D eigenvalue weighted by Crippen LogP contribution is 2.26. The van der Waals surface area contributed by atoms with Crippen LogP contribution in [0.3, 0.4) is 0 Å². The number of hydrogen-bond acceptors (Lipinski definition) is 3. The van der Waals surface area contributed by atoms with Gasteiger partial charge in [-0.15, -0.1) is 24.8 Å². The fraction of sp³-hybridized carbons (Fsp3) is 0.682. The van der Waals surface area contributed by atoms with Gasteiger partial charge in [-0.1, -0.05) is 37.3 Å². The summed E-state index contributed by atoms with van der Waals surface area (Å²) in [7, 11) is 2.02. The Balaban J connectivity index is 0.00000196. The Morgan fingerprint density at radius 1 is 1.11 bits per heavy atom. The van der Waals surface area contributed by atoms with Crippen LogP contribution in [0.2, 0.25) is 0 Å². The molecular weight excluding hydrogens is 393 g/mol. The predicted molar refractivity (Wildman–Crippen MR) is 121 cm³/mol. The predicted octanol–water partition coefficient (Wildman–Crippen LogP) is 3.98. The van der Waals surface area contributed by atoms with Crippen LogP contribution in [0.5, 0.6) is 0 Å².